The summed E-state index contributed by atoms with van der Waals surface area (Å²) in [5, 5.41) is 2.85. The summed E-state index contributed by atoms with van der Waals surface area (Å²) in [6.45, 7) is 3.18. The van der Waals surface area contributed by atoms with Crippen LogP contribution in [0.4, 0.5) is 32.3 Å². The first-order valence-corrected chi connectivity index (χ1v) is 12.4. The Kier molecular flexibility index (Phi) is 9.27. The number of nitrogens with one attached hydrogen (secondary N) is 3. The van der Waals surface area contributed by atoms with E-state index in [2.05, 4.69) is 20.7 Å². The molecule has 0 spiro atoms. The first-order chi connectivity index (χ1) is 16.9. The van der Waals surface area contributed by atoms with E-state index < -0.39 is 35.8 Å². The number of amides is 2. The van der Waals surface area contributed by atoms with Crippen LogP contribution in [0.1, 0.15) is 18.9 Å². The zero-order valence-corrected chi connectivity index (χ0v) is 20.1. The average Bonchev–Trinajstić information content (AvgIpc) is 2.80. The summed E-state index contributed by atoms with van der Waals surface area (Å²) in [5.41, 5.74) is 3.54. The van der Waals surface area contributed by atoms with Crippen LogP contribution in [0.3, 0.4) is 0 Å². The number of nitrogens with zero attached hydrogens (tertiary/aromatic N) is 4. The Hall–Kier alpha value is -2.33. The molecule has 2 aliphatic rings. The molecule has 3 rings (SSSR count). The largest absolute Gasteiger partial charge is 0.419 e. The van der Waals surface area contributed by atoms with Gasteiger partial charge < -0.3 is 15.1 Å². The molecule has 3 N–H and O–H groups in total. The average molecular weight is 544 g/mol. The Morgan fingerprint density at radius 1 is 1.17 bits per heavy atom. The summed E-state index contributed by atoms with van der Waals surface area (Å²) in [6, 6.07) is -1.42. The Bertz CT molecular complexity index is 894. The van der Waals surface area contributed by atoms with E-state index in [1.807, 2.05) is 5.43 Å². The molecule has 0 radical (unpaired) electrons. The third kappa shape index (κ3) is 7.59. The lowest BCUT2D eigenvalue weighted by atomic mass is 9.96. The van der Waals surface area contributed by atoms with Gasteiger partial charge in [0.25, 0.3) is 0 Å². The molecule has 3 atom stereocenters. The molecular weight excluding hydrogens is 516 g/mol. The third-order valence-corrected chi connectivity index (χ3v) is 7.01. The zero-order chi connectivity index (χ0) is 26.5. The van der Waals surface area contributed by atoms with Gasteiger partial charge >= 0.3 is 12.4 Å². The maximum atomic E-state index is 13.2. The van der Waals surface area contributed by atoms with Crippen LogP contribution >= 0.6 is 11.8 Å². The number of anilines is 1. The number of hydrogen-bond acceptors (Lipinski definition) is 8. The van der Waals surface area contributed by atoms with Gasteiger partial charge in [-0.2, -0.15) is 38.1 Å². The minimum atomic E-state index is -4.66. The van der Waals surface area contributed by atoms with E-state index in [0.29, 0.717) is 37.7 Å². The van der Waals surface area contributed by atoms with Crippen LogP contribution in [0.5, 0.6) is 0 Å². The highest BCUT2D eigenvalue weighted by Crippen LogP contribution is 2.31. The van der Waals surface area contributed by atoms with Crippen molar-refractivity contribution in [3.8, 4) is 0 Å². The van der Waals surface area contributed by atoms with Crippen molar-refractivity contribution in [3.63, 3.8) is 0 Å². The molecule has 9 nitrogen and oxygen atoms in total. The highest BCUT2D eigenvalue weighted by atomic mass is 32.2. The molecule has 0 saturated carbocycles. The van der Waals surface area contributed by atoms with Gasteiger partial charge in [0.15, 0.2) is 5.92 Å². The van der Waals surface area contributed by atoms with Gasteiger partial charge in [0, 0.05) is 75.1 Å². The van der Waals surface area contributed by atoms with Crippen LogP contribution in [0.25, 0.3) is 0 Å². The number of aromatic nitrogens is 2. The molecule has 202 valence electrons. The summed E-state index contributed by atoms with van der Waals surface area (Å²) >= 11 is 1.42. The van der Waals surface area contributed by atoms with Crippen molar-refractivity contribution >= 4 is 29.5 Å². The monoisotopic (exact) mass is 543 g/mol. The van der Waals surface area contributed by atoms with Crippen molar-refractivity contribution in [1.82, 2.24) is 31.0 Å². The van der Waals surface area contributed by atoms with Crippen molar-refractivity contribution in [2.45, 2.75) is 37.8 Å². The fourth-order valence-corrected chi connectivity index (χ4v) is 4.87. The highest BCUT2D eigenvalue weighted by Gasteiger charge is 2.51. The molecule has 0 aromatic carbocycles. The number of hydrazine groups is 1. The molecule has 2 saturated heterocycles. The fraction of sp³-hybridized carbons (Fsp3) is 0.700. The normalized spacial score (nSPS) is 22.4. The third-order valence-electron chi connectivity index (χ3n) is 5.78. The lowest BCUT2D eigenvalue weighted by molar-refractivity contribution is -0.193. The van der Waals surface area contributed by atoms with Gasteiger partial charge in [0.05, 0.1) is 5.56 Å². The minimum absolute atomic E-state index is 0.0626. The van der Waals surface area contributed by atoms with Gasteiger partial charge in [-0.25, -0.2) is 15.4 Å². The molecule has 1 aromatic rings. The van der Waals surface area contributed by atoms with Crippen molar-refractivity contribution < 1.29 is 35.9 Å². The number of carbonyl (C=O) groups is 2. The summed E-state index contributed by atoms with van der Waals surface area (Å²) in [5.74, 6) is -2.25. The Morgan fingerprint density at radius 3 is 2.39 bits per heavy atom. The second-order valence-electron chi connectivity index (χ2n) is 8.53. The van der Waals surface area contributed by atoms with Crippen molar-refractivity contribution in [2.24, 2.45) is 5.92 Å². The summed E-state index contributed by atoms with van der Waals surface area (Å²) in [6.07, 6.45) is -7.46. The van der Waals surface area contributed by atoms with Crippen LogP contribution in [-0.4, -0.2) is 89.2 Å². The van der Waals surface area contributed by atoms with Crippen LogP contribution in [0, 0.1) is 5.92 Å². The Morgan fingerprint density at radius 2 is 1.81 bits per heavy atom. The number of rotatable bonds is 8. The quantitative estimate of drug-likeness (QED) is 0.335. The van der Waals surface area contributed by atoms with E-state index in [1.54, 1.807) is 16.7 Å². The maximum Gasteiger partial charge on any atom is 0.419 e. The number of thioether (sulfide) groups is 1. The van der Waals surface area contributed by atoms with Crippen LogP contribution in [0.15, 0.2) is 12.4 Å². The molecular formula is C20H27F6N7O2S. The topological polar surface area (TPSA) is 102 Å². The second kappa shape index (κ2) is 11.8. The van der Waals surface area contributed by atoms with Crippen molar-refractivity contribution in [3.05, 3.63) is 18.0 Å². The number of carbonyl (C=O) groups excluding carboxylic acids is 2. The Labute approximate surface area is 207 Å². The predicted molar refractivity (Wildman–Crippen MR) is 120 cm³/mol. The molecule has 1 aromatic heterocycles. The van der Waals surface area contributed by atoms with Gasteiger partial charge in [-0.05, 0) is 6.92 Å². The first kappa shape index (κ1) is 28.2. The van der Waals surface area contributed by atoms with Gasteiger partial charge in [-0.3, -0.25) is 15.0 Å². The molecule has 2 fully saturated rings. The number of hydrogen-bond donors (Lipinski definition) is 3. The van der Waals surface area contributed by atoms with Crippen molar-refractivity contribution in [1.29, 1.82) is 0 Å². The molecule has 36 heavy (non-hydrogen) atoms. The predicted octanol–water partition coefficient (Wildman–Crippen LogP) is 1.43. The number of halogens is 6. The lowest BCUT2D eigenvalue weighted by Gasteiger charge is -2.35. The van der Waals surface area contributed by atoms with Gasteiger partial charge in [-0.15, -0.1) is 0 Å². The molecule has 0 aliphatic carbocycles. The second-order valence-corrected chi connectivity index (χ2v) is 9.68. The summed E-state index contributed by atoms with van der Waals surface area (Å²) < 4.78 is 77.6. The van der Waals surface area contributed by atoms with E-state index in [9.17, 15) is 35.9 Å². The van der Waals surface area contributed by atoms with Gasteiger partial charge in [0.2, 0.25) is 17.8 Å². The molecule has 2 unspecified atom stereocenters. The molecule has 0 bridgehead atoms. The molecule has 16 heteroatoms. The van der Waals surface area contributed by atoms with E-state index in [-0.39, 0.29) is 30.9 Å². The maximum absolute atomic E-state index is 13.2. The number of alkyl halides is 6. The molecule has 2 aliphatic heterocycles. The minimum Gasteiger partial charge on any atom is -0.339 e. The van der Waals surface area contributed by atoms with Gasteiger partial charge in [-0.1, -0.05) is 0 Å². The van der Waals surface area contributed by atoms with Crippen LogP contribution in [-0.2, 0) is 15.8 Å². The van der Waals surface area contributed by atoms with E-state index in [1.165, 1.54) is 11.8 Å². The van der Waals surface area contributed by atoms with E-state index in [0.717, 1.165) is 12.4 Å². The smallest absolute Gasteiger partial charge is 0.339 e. The molecule has 3 heterocycles. The van der Waals surface area contributed by atoms with Crippen molar-refractivity contribution in [2.75, 3.05) is 49.1 Å². The highest BCUT2D eigenvalue weighted by molar-refractivity contribution is 7.99. The fourth-order valence-electron chi connectivity index (χ4n) is 3.94. The Balaban J connectivity index is 1.36. The zero-order valence-electron chi connectivity index (χ0n) is 19.3. The first-order valence-electron chi connectivity index (χ1n) is 11.2. The van der Waals surface area contributed by atoms with Crippen LogP contribution in [0.2, 0.25) is 0 Å². The summed E-state index contributed by atoms with van der Waals surface area (Å²) in [4.78, 5) is 35.0. The standard InChI is InChI=1S/C20H27F6N7O2S/c1-12(30-14-10-29-31-17(35)16(14)20(24,25)26)11-36-7-2-15(34)32-3-5-33(6-4-32)18-27-8-13(9-28-18)19(21,22)23/h8-9,12,14,16,29-30H,2-7,10-11H2,1H3,(H,31,35)/t12-,14?,16?/m1/s1. The number of piperazine rings is 1. The van der Waals surface area contributed by atoms with E-state index in [4.69, 9.17) is 0 Å². The lowest BCUT2D eigenvalue weighted by Crippen LogP contribution is -2.64. The SMILES string of the molecule is C[C@H](CSCCC(=O)N1CCN(c2ncc(C(F)(F)F)cn2)CC1)NC1CNNC(=O)C1C(F)(F)F. The molecule has 2 amide bonds. The van der Waals surface area contributed by atoms with Crippen LogP contribution < -0.4 is 21.1 Å². The van der Waals surface area contributed by atoms with Gasteiger partial charge in [0.1, 0.15) is 0 Å². The summed E-state index contributed by atoms with van der Waals surface area (Å²) in [7, 11) is 0. The van der Waals surface area contributed by atoms with E-state index >= 15 is 0 Å².